The summed E-state index contributed by atoms with van der Waals surface area (Å²) in [5.41, 5.74) is -0.112. The summed E-state index contributed by atoms with van der Waals surface area (Å²) in [5.74, 6) is 0. The monoisotopic (exact) mass is 948 g/mol. The van der Waals surface area contributed by atoms with Gasteiger partial charge in [-0.15, -0.1) is 0 Å². The van der Waals surface area contributed by atoms with Gasteiger partial charge in [-0.1, -0.05) is 12.2 Å². The zero-order valence-corrected chi connectivity index (χ0v) is 35.1. The summed E-state index contributed by atoms with van der Waals surface area (Å²) < 4.78 is 39.4. The Morgan fingerprint density at radius 1 is 0.446 bits per heavy atom. The smallest absolute Gasteiger partial charge is 0.187 e. The number of hydrogen-bond donors (Lipinski definition) is 20. The molecule has 4 aliphatic heterocycles. The van der Waals surface area contributed by atoms with Crippen molar-refractivity contribution in [2.24, 2.45) is 0 Å². The number of aliphatic hydroxyl groups excluding tert-OH is 18. The minimum absolute atomic E-state index is 0.00712. The first-order valence-corrected chi connectivity index (χ1v) is 21.2. The van der Waals surface area contributed by atoms with Crippen molar-refractivity contribution in [2.45, 2.75) is 185 Å². The average Bonchev–Trinajstić information content (AvgIpc) is 3.28. The molecule has 0 amide bonds. The number of hydrogen-bond acceptors (Lipinski definition) is 27. The lowest BCUT2D eigenvalue weighted by atomic mass is 9.86. The van der Waals surface area contributed by atoms with Crippen LogP contribution in [0.15, 0.2) is 23.3 Å². The molecule has 28 atom stereocenters. The van der Waals surface area contributed by atoms with Crippen LogP contribution >= 0.6 is 0 Å². The van der Waals surface area contributed by atoms with Crippen molar-refractivity contribution < 1.29 is 125 Å². The fraction of sp³-hybridized carbons (Fsp3) is 0.895. The largest absolute Gasteiger partial charge is 0.394 e. The molecule has 65 heavy (non-hydrogen) atoms. The maximum absolute atomic E-state index is 11.3. The second-order valence-corrected chi connectivity index (χ2v) is 17.2. The normalized spacial score (nSPS) is 52.2. The molecule has 0 saturated carbocycles. The fourth-order valence-electron chi connectivity index (χ4n) is 9.05. The number of rotatable bonds is 14. The highest BCUT2D eigenvalue weighted by Gasteiger charge is 2.54. The molecule has 0 bridgehead atoms. The van der Waals surface area contributed by atoms with Crippen molar-refractivity contribution in [2.75, 3.05) is 26.4 Å². The van der Waals surface area contributed by atoms with Gasteiger partial charge in [-0.3, -0.25) is 0 Å². The molecule has 6 aliphatic rings. The van der Waals surface area contributed by atoms with Crippen molar-refractivity contribution in [3.63, 3.8) is 0 Å². The first-order valence-electron chi connectivity index (χ1n) is 21.2. The Bertz CT molecular complexity index is 1600. The van der Waals surface area contributed by atoms with E-state index in [1.54, 1.807) is 0 Å². The zero-order chi connectivity index (χ0) is 47.9. The van der Waals surface area contributed by atoms with Gasteiger partial charge in [-0.25, -0.2) is 0 Å². The molecular formula is C38H64N2O25. The third-order valence-electron chi connectivity index (χ3n) is 13.0. The summed E-state index contributed by atoms with van der Waals surface area (Å²) in [6.07, 6.45) is -37.9. The number of nitrogens with one attached hydrogen (secondary N) is 2. The van der Waals surface area contributed by atoms with Gasteiger partial charge >= 0.3 is 0 Å². The van der Waals surface area contributed by atoms with Crippen molar-refractivity contribution in [1.82, 2.24) is 10.6 Å². The van der Waals surface area contributed by atoms with Crippen LogP contribution in [-0.2, 0) is 33.2 Å². The van der Waals surface area contributed by atoms with E-state index < -0.39 is 198 Å². The summed E-state index contributed by atoms with van der Waals surface area (Å²) in [4.78, 5) is 0. The van der Waals surface area contributed by atoms with E-state index in [2.05, 4.69) is 10.6 Å². The van der Waals surface area contributed by atoms with E-state index >= 15 is 0 Å². The molecule has 4 fully saturated rings. The summed E-state index contributed by atoms with van der Waals surface area (Å²) in [6, 6.07) is -4.78. The second-order valence-electron chi connectivity index (χ2n) is 17.2. The lowest BCUT2D eigenvalue weighted by molar-refractivity contribution is -0.357. The lowest BCUT2D eigenvalue weighted by Gasteiger charge is -2.48. The molecule has 0 spiro atoms. The van der Waals surface area contributed by atoms with Crippen molar-refractivity contribution >= 4 is 0 Å². The predicted octanol–water partition coefficient (Wildman–Crippen LogP) is -11.7. The van der Waals surface area contributed by atoms with Gasteiger partial charge in [0, 0.05) is 0 Å². The topological polar surface area (TPSA) is 453 Å². The molecule has 376 valence electrons. The molecule has 0 aromatic rings. The summed E-state index contributed by atoms with van der Waals surface area (Å²) in [7, 11) is 0. The van der Waals surface area contributed by atoms with Crippen LogP contribution in [0.2, 0.25) is 0 Å². The average molecular weight is 949 g/mol. The SMILES string of the molecule is C[C@H]1O[C@H](O[C@H]2[C@H](O)[C@@H](O)[C@@H](O)O[C@@H]2CO)[C@H](O)[C@@H](O)[C@@H]1N[C@H]1C=C(CO)[C@@H](O[C@H]2O[C@H](CO)[C@@H](O[C@H]3O[C@H](C)[C@@H](N[C@H]4C=C(CO)[C@@H](O)[C@H](O)[C@H]4O)[C@H](O)[C@H]3O)[C@H](O)[C@H]2O)[C@H](O)[C@H]1O. The van der Waals surface area contributed by atoms with Crippen molar-refractivity contribution in [1.29, 1.82) is 0 Å². The maximum atomic E-state index is 11.3. The highest BCUT2D eigenvalue weighted by Crippen LogP contribution is 2.35. The zero-order valence-electron chi connectivity index (χ0n) is 35.1. The summed E-state index contributed by atoms with van der Waals surface area (Å²) >= 11 is 0. The Labute approximate surface area is 370 Å². The third kappa shape index (κ3) is 10.6. The van der Waals surface area contributed by atoms with Gasteiger partial charge in [0.2, 0.25) is 0 Å². The molecule has 4 saturated heterocycles. The molecule has 27 heteroatoms. The van der Waals surface area contributed by atoms with E-state index in [1.165, 1.54) is 26.0 Å². The van der Waals surface area contributed by atoms with Crippen LogP contribution < -0.4 is 10.6 Å². The molecule has 27 nitrogen and oxygen atoms in total. The van der Waals surface area contributed by atoms with Gasteiger partial charge in [0.1, 0.15) is 110 Å². The number of ether oxygens (including phenoxy) is 7. The Hall–Kier alpha value is -1.60. The standard InChI is InChI=1S/C38H64N2O25/c1-9-17(39-13-3-11(5-41)19(45)24(50)20(13)46)22(48)30(56)37(60-9)65-34-16(8-44)62-38(31(57)27(34)53)63-32-12(6-42)4-14(21(47)25(32)51)40-18-10(2)59-36(29(55)23(18)49)64-33-15(7-43)61-35(58)28(54)26(33)52/h3-4,9-10,13-58H,5-8H2,1-2H3/t9-,10-,13+,14+,15-,16-,17-,18-,19-,20+,21+,22+,23+,24+,25-,26-,27-,28-,29-,30-,31-,32-,33-,34-,35+,36-,37-,38-/m1/s1. The Kier molecular flexibility index (Phi) is 17.9. The fourth-order valence-corrected chi connectivity index (χ4v) is 9.05. The number of aliphatic hydroxyl groups is 18. The summed E-state index contributed by atoms with van der Waals surface area (Å²) in [6.45, 7) is -0.264. The van der Waals surface area contributed by atoms with E-state index in [0.29, 0.717) is 0 Å². The maximum Gasteiger partial charge on any atom is 0.187 e. The van der Waals surface area contributed by atoms with Crippen LogP contribution in [-0.4, -0.2) is 290 Å². The van der Waals surface area contributed by atoms with Crippen molar-refractivity contribution in [3.05, 3.63) is 23.3 Å². The first kappa shape index (κ1) is 52.8. The molecule has 0 unspecified atom stereocenters. The van der Waals surface area contributed by atoms with Crippen LogP contribution in [0.3, 0.4) is 0 Å². The molecule has 20 N–H and O–H groups in total. The summed E-state index contributed by atoms with van der Waals surface area (Å²) in [5, 5.41) is 196. The minimum Gasteiger partial charge on any atom is -0.394 e. The van der Waals surface area contributed by atoms with E-state index in [0.717, 1.165) is 0 Å². The van der Waals surface area contributed by atoms with Crippen molar-refractivity contribution in [3.8, 4) is 0 Å². The van der Waals surface area contributed by atoms with Crippen LogP contribution in [0.5, 0.6) is 0 Å². The second kappa shape index (κ2) is 22.0. The minimum atomic E-state index is -2.03. The van der Waals surface area contributed by atoms with E-state index in [4.69, 9.17) is 33.2 Å². The Balaban J connectivity index is 1.07. The van der Waals surface area contributed by atoms with Crippen LogP contribution in [0.4, 0.5) is 0 Å². The molecule has 0 aromatic heterocycles. The van der Waals surface area contributed by atoms with Gasteiger partial charge in [0.15, 0.2) is 25.2 Å². The van der Waals surface area contributed by atoms with Gasteiger partial charge < -0.3 is 136 Å². The molecule has 2 aliphatic carbocycles. The Morgan fingerprint density at radius 2 is 0.862 bits per heavy atom. The highest BCUT2D eigenvalue weighted by molar-refractivity contribution is 5.24. The van der Waals surface area contributed by atoms with Crippen LogP contribution in [0, 0.1) is 0 Å². The van der Waals surface area contributed by atoms with Crippen LogP contribution in [0.25, 0.3) is 0 Å². The molecule has 0 radical (unpaired) electrons. The third-order valence-corrected chi connectivity index (χ3v) is 13.0. The molecule has 4 heterocycles. The predicted molar refractivity (Wildman–Crippen MR) is 207 cm³/mol. The van der Waals surface area contributed by atoms with E-state index in [1.807, 2.05) is 0 Å². The molecule has 6 rings (SSSR count). The van der Waals surface area contributed by atoms with Gasteiger partial charge in [-0.05, 0) is 25.0 Å². The van der Waals surface area contributed by atoms with E-state index in [-0.39, 0.29) is 11.1 Å². The Morgan fingerprint density at radius 3 is 1.34 bits per heavy atom. The molecular weight excluding hydrogens is 884 g/mol. The lowest BCUT2D eigenvalue weighted by Crippen LogP contribution is -2.68. The van der Waals surface area contributed by atoms with E-state index in [9.17, 15) is 91.9 Å². The quantitative estimate of drug-likeness (QED) is 0.0719. The van der Waals surface area contributed by atoms with Crippen LogP contribution in [0.1, 0.15) is 13.8 Å². The molecule has 0 aromatic carbocycles. The highest BCUT2D eigenvalue weighted by atomic mass is 16.7. The van der Waals surface area contributed by atoms with Gasteiger partial charge in [-0.2, -0.15) is 0 Å². The van der Waals surface area contributed by atoms with Gasteiger partial charge in [0.25, 0.3) is 0 Å². The van der Waals surface area contributed by atoms with Gasteiger partial charge in [0.05, 0.1) is 62.8 Å². The first-order chi connectivity index (χ1) is 30.7.